The van der Waals surface area contributed by atoms with Crippen molar-refractivity contribution in [3.63, 3.8) is 0 Å². The number of amides is 1. The number of alkyl halides is 3. The number of benzene rings is 1. The summed E-state index contributed by atoms with van der Waals surface area (Å²) < 4.78 is 40.9. The smallest absolute Gasteiger partial charge is 0.366 e. The van der Waals surface area contributed by atoms with Crippen molar-refractivity contribution < 1.29 is 18.0 Å². The number of primary amides is 1. The maximum Gasteiger partial charge on any atom is 0.416 e. The molecule has 1 aliphatic carbocycles. The Balaban J connectivity index is 1.47. The van der Waals surface area contributed by atoms with Crippen molar-refractivity contribution in [3.8, 4) is 0 Å². The van der Waals surface area contributed by atoms with E-state index in [2.05, 4.69) is 15.0 Å². The predicted octanol–water partition coefficient (Wildman–Crippen LogP) is 3.92. The predicted molar refractivity (Wildman–Crippen MR) is 100.0 cm³/mol. The lowest BCUT2D eigenvalue weighted by Gasteiger charge is -2.30. The fraction of sp³-hybridized carbons (Fsp3) is 0.400. The van der Waals surface area contributed by atoms with Gasteiger partial charge in [-0.25, -0.2) is 15.0 Å². The fourth-order valence-electron chi connectivity index (χ4n) is 4.18. The number of imidazole rings is 1. The second-order valence-corrected chi connectivity index (χ2v) is 7.51. The molecule has 2 N–H and O–H groups in total. The number of halogens is 3. The molecule has 1 aliphatic rings. The first-order chi connectivity index (χ1) is 13.8. The van der Waals surface area contributed by atoms with Gasteiger partial charge in [0.05, 0.1) is 18.1 Å². The molecule has 0 radical (unpaired) electrons. The molecule has 0 aliphatic heterocycles. The van der Waals surface area contributed by atoms with Crippen molar-refractivity contribution in [2.24, 2.45) is 11.7 Å². The highest BCUT2D eigenvalue weighted by Gasteiger charge is 2.33. The third-order valence-corrected chi connectivity index (χ3v) is 5.67. The molecule has 0 bridgehead atoms. The van der Waals surface area contributed by atoms with Crippen LogP contribution in [0, 0.1) is 5.92 Å². The van der Waals surface area contributed by atoms with Crippen LogP contribution >= 0.6 is 0 Å². The highest BCUT2D eigenvalue weighted by molar-refractivity contribution is 5.94. The average Bonchev–Trinajstić information content (AvgIpc) is 3.10. The molecule has 2 aromatic heterocycles. The lowest BCUT2D eigenvalue weighted by atomic mass is 9.77. The zero-order chi connectivity index (χ0) is 20.6. The Morgan fingerprint density at radius 2 is 1.93 bits per heavy atom. The van der Waals surface area contributed by atoms with Gasteiger partial charge in [0.15, 0.2) is 5.65 Å². The maximum absolute atomic E-state index is 13.0. The van der Waals surface area contributed by atoms with Crippen LogP contribution in [0.25, 0.3) is 11.2 Å². The van der Waals surface area contributed by atoms with Crippen LogP contribution < -0.4 is 5.73 Å². The highest BCUT2D eigenvalue weighted by atomic mass is 19.4. The van der Waals surface area contributed by atoms with E-state index in [0.717, 1.165) is 55.5 Å². The van der Waals surface area contributed by atoms with Crippen molar-refractivity contribution in [2.75, 3.05) is 0 Å². The molecule has 3 aromatic rings. The molecule has 1 saturated carbocycles. The quantitative estimate of drug-likeness (QED) is 0.715. The summed E-state index contributed by atoms with van der Waals surface area (Å²) in [6, 6.07) is 3.32. The molecule has 9 heteroatoms. The van der Waals surface area contributed by atoms with E-state index in [1.807, 2.05) is 4.57 Å². The summed E-state index contributed by atoms with van der Waals surface area (Å²) in [5.74, 6) is -0.388. The standard InChI is InChI=1S/C20H20F3N5O/c21-20(22,23)14-5-6-15(16(7-14)18(24)29)13-3-1-12(2-4-13)9-28-11-27-17-8-25-10-26-19(17)28/h5-8,10-13H,1-4,9H2,(H2,24,29). The third kappa shape index (κ3) is 3.94. The van der Waals surface area contributed by atoms with Crippen LogP contribution in [0.3, 0.4) is 0 Å². The molecule has 0 spiro atoms. The van der Waals surface area contributed by atoms with Crippen LogP contribution in [0.4, 0.5) is 13.2 Å². The van der Waals surface area contributed by atoms with Gasteiger partial charge in [-0.15, -0.1) is 0 Å². The molecule has 1 amide bonds. The summed E-state index contributed by atoms with van der Waals surface area (Å²) in [6.45, 7) is 0.774. The number of aromatic nitrogens is 4. The molecule has 4 rings (SSSR count). The van der Waals surface area contributed by atoms with Crippen molar-refractivity contribution in [1.82, 2.24) is 19.5 Å². The largest absolute Gasteiger partial charge is 0.416 e. The molecule has 2 heterocycles. The SMILES string of the molecule is NC(=O)c1cc(C(F)(F)F)ccc1C1CCC(Cn2cnc3cncnc32)CC1. The summed E-state index contributed by atoms with van der Waals surface area (Å²) in [5, 5.41) is 0. The van der Waals surface area contributed by atoms with Gasteiger partial charge in [0.1, 0.15) is 11.8 Å². The summed E-state index contributed by atoms with van der Waals surface area (Å²) >= 11 is 0. The summed E-state index contributed by atoms with van der Waals surface area (Å²) in [5.41, 5.74) is 6.65. The lowest BCUT2D eigenvalue weighted by Crippen LogP contribution is -2.22. The number of hydrogen-bond donors (Lipinski definition) is 1. The van der Waals surface area contributed by atoms with E-state index in [9.17, 15) is 18.0 Å². The second-order valence-electron chi connectivity index (χ2n) is 7.51. The first-order valence-corrected chi connectivity index (χ1v) is 9.44. The number of carbonyl (C=O) groups excluding carboxylic acids is 1. The Labute approximate surface area is 165 Å². The molecular weight excluding hydrogens is 383 g/mol. The molecule has 0 saturated heterocycles. The minimum atomic E-state index is -4.50. The first kappa shape index (κ1) is 19.4. The van der Waals surface area contributed by atoms with Gasteiger partial charge in [0.2, 0.25) is 5.91 Å². The number of nitrogens with two attached hydrogens (primary N) is 1. The Bertz CT molecular complexity index is 1040. The summed E-state index contributed by atoms with van der Waals surface area (Å²) in [6.07, 6.45) is 3.79. The molecule has 6 nitrogen and oxygen atoms in total. The molecule has 29 heavy (non-hydrogen) atoms. The van der Waals surface area contributed by atoms with Gasteiger partial charge in [-0.3, -0.25) is 4.79 Å². The van der Waals surface area contributed by atoms with E-state index in [1.54, 1.807) is 12.5 Å². The number of hydrogen-bond acceptors (Lipinski definition) is 4. The van der Waals surface area contributed by atoms with Gasteiger partial charge < -0.3 is 10.3 Å². The number of carbonyl (C=O) groups is 1. The van der Waals surface area contributed by atoms with Gasteiger partial charge in [0, 0.05) is 12.1 Å². The fourth-order valence-corrected chi connectivity index (χ4v) is 4.18. The van der Waals surface area contributed by atoms with Crippen molar-refractivity contribution >= 4 is 17.1 Å². The normalized spacial score (nSPS) is 20.1. The summed E-state index contributed by atoms with van der Waals surface area (Å²) in [4.78, 5) is 24.3. The molecule has 1 fully saturated rings. The van der Waals surface area contributed by atoms with Gasteiger partial charge in [0.25, 0.3) is 0 Å². The van der Waals surface area contributed by atoms with Crippen LogP contribution in [0.2, 0.25) is 0 Å². The minimum Gasteiger partial charge on any atom is -0.366 e. The van der Waals surface area contributed by atoms with E-state index >= 15 is 0 Å². The molecule has 0 atom stereocenters. The van der Waals surface area contributed by atoms with E-state index in [0.29, 0.717) is 11.5 Å². The van der Waals surface area contributed by atoms with Gasteiger partial charge in [-0.05, 0) is 55.2 Å². The van der Waals surface area contributed by atoms with Crippen LogP contribution in [-0.4, -0.2) is 25.4 Å². The molecular formula is C20H20F3N5O. The average molecular weight is 403 g/mol. The topological polar surface area (TPSA) is 86.7 Å². The van der Waals surface area contributed by atoms with Crippen molar-refractivity contribution in [3.05, 3.63) is 53.7 Å². The van der Waals surface area contributed by atoms with Crippen LogP contribution in [0.5, 0.6) is 0 Å². The van der Waals surface area contributed by atoms with Crippen molar-refractivity contribution in [1.29, 1.82) is 0 Å². The van der Waals surface area contributed by atoms with Crippen LogP contribution in [0.1, 0.15) is 53.1 Å². The first-order valence-electron chi connectivity index (χ1n) is 9.44. The number of fused-ring (bicyclic) bond motifs is 1. The molecule has 1 aromatic carbocycles. The number of rotatable bonds is 4. The molecule has 0 unspecified atom stereocenters. The minimum absolute atomic E-state index is 0.0258. The monoisotopic (exact) mass is 403 g/mol. The molecule has 152 valence electrons. The Morgan fingerprint density at radius 1 is 1.17 bits per heavy atom. The zero-order valence-corrected chi connectivity index (χ0v) is 15.6. The second kappa shape index (κ2) is 7.46. The van der Waals surface area contributed by atoms with E-state index in [-0.39, 0.29) is 11.5 Å². The Kier molecular flexibility index (Phi) is 4.97. The Hall–Kier alpha value is -2.97. The van der Waals surface area contributed by atoms with Crippen molar-refractivity contribution in [2.45, 2.75) is 44.3 Å². The Morgan fingerprint density at radius 3 is 2.62 bits per heavy atom. The van der Waals surface area contributed by atoms with Crippen LogP contribution in [-0.2, 0) is 12.7 Å². The maximum atomic E-state index is 13.0. The highest BCUT2D eigenvalue weighted by Crippen LogP contribution is 2.39. The lowest BCUT2D eigenvalue weighted by molar-refractivity contribution is -0.137. The van der Waals surface area contributed by atoms with Crippen LogP contribution in [0.15, 0.2) is 37.1 Å². The van der Waals surface area contributed by atoms with Gasteiger partial charge >= 0.3 is 6.18 Å². The third-order valence-electron chi connectivity index (χ3n) is 5.67. The van der Waals surface area contributed by atoms with E-state index in [1.165, 1.54) is 12.4 Å². The number of nitrogens with zero attached hydrogens (tertiary/aromatic N) is 4. The van der Waals surface area contributed by atoms with Gasteiger partial charge in [-0.1, -0.05) is 6.07 Å². The zero-order valence-electron chi connectivity index (χ0n) is 15.6. The van der Waals surface area contributed by atoms with E-state index in [4.69, 9.17) is 5.73 Å². The van der Waals surface area contributed by atoms with Gasteiger partial charge in [-0.2, -0.15) is 13.2 Å². The summed E-state index contributed by atoms with van der Waals surface area (Å²) in [7, 11) is 0. The van der Waals surface area contributed by atoms with E-state index < -0.39 is 17.6 Å².